The van der Waals surface area contributed by atoms with Gasteiger partial charge in [0.2, 0.25) is 0 Å². The summed E-state index contributed by atoms with van der Waals surface area (Å²) in [4.78, 5) is 0.866. The van der Waals surface area contributed by atoms with Crippen LogP contribution in [0, 0.1) is 0 Å². The molecule has 0 N–H and O–H groups in total. The number of fused-ring (bicyclic) bond motifs is 9. The Morgan fingerprint density at radius 3 is 1.98 bits per heavy atom. The van der Waals surface area contributed by atoms with Gasteiger partial charge in [0.1, 0.15) is 11.5 Å². The van der Waals surface area contributed by atoms with E-state index in [0.717, 1.165) is 26.8 Å². The van der Waals surface area contributed by atoms with Crippen molar-refractivity contribution in [2.75, 3.05) is 4.90 Å². The Morgan fingerprint density at radius 1 is 0.456 bits per heavy atom. The highest BCUT2D eigenvalue weighted by atomic mass is 16.5. The number of nitrogens with zero attached hydrogens (tertiary/aromatic N) is 1. The molecule has 1 aliphatic heterocycles. The van der Waals surface area contributed by atoms with Gasteiger partial charge in [-0.2, -0.15) is 0 Å². The maximum atomic E-state index is 10.2. The van der Waals surface area contributed by atoms with Gasteiger partial charge >= 0.3 is 0 Å². The van der Waals surface area contributed by atoms with Gasteiger partial charge in [-0.1, -0.05) is 159 Å². The quantitative estimate of drug-likeness (QED) is 0.174. The van der Waals surface area contributed by atoms with E-state index in [-0.39, 0.29) is 11.4 Å². The van der Waals surface area contributed by atoms with Gasteiger partial charge in [0.15, 0.2) is 0 Å². The van der Waals surface area contributed by atoms with E-state index in [0.29, 0.717) is 28.0 Å². The molecule has 2 nitrogen and oxygen atoms in total. The van der Waals surface area contributed by atoms with Gasteiger partial charge in [0.25, 0.3) is 0 Å². The Kier molecular flexibility index (Phi) is 4.04. The van der Waals surface area contributed by atoms with Crippen LogP contribution in [0.15, 0.2) is 200 Å². The lowest BCUT2D eigenvalue weighted by molar-refractivity contribution is 0.488. The monoisotopic (exact) mass is 751 g/mol. The molecule has 0 aromatic heterocycles. The van der Waals surface area contributed by atoms with Gasteiger partial charge in [0.05, 0.1) is 21.9 Å². The largest absolute Gasteiger partial charge is 0.456 e. The fourth-order valence-electron chi connectivity index (χ4n) is 7.67. The maximum absolute atomic E-state index is 10.2. The predicted molar refractivity (Wildman–Crippen MR) is 238 cm³/mol. The normalized spacial score (nSPS) is 18.9. The Balaban J connectivity index is 1.29. The molecule has 9 aromatic rings. The van der Waals surface area contributed by atoms with Crippen LogP contribution >= 0.6 is 0 Å². The number of rotatable bonds is 5. The zero-order chi connectivity index (χ0) is 57.0. The molecule has 0 radical (unpaired) electrons. The van der Waals surface area contributed by atoms with Crippen molar-refractivity contribution in [1.29, 1.82) is 0 Å². The molecule has 270 valence electrons. The van der Waals surface area contributed by atoms with Crippen molar-refractivity contribution in [3.8, 4) is 67.1 Å². The summed E-state index contributed by atoms with van der Waals surface area (Å²) in [5, 5.41) is 1.72. The van der Waals surface area contributed by atoms with Gasteiger partial charge in [-0.15, -0.1) is 0 Å². The van der Waals surface area contributed by atoms with E-state index in [1.807, 2.05) is 84.9 Å². The molecule has 11 rings (SSSR count). The first-order valence-corrected chi connectivity index (χ1v) is 18.0. The van der Waals surface area contributed by atoms with E-state index in [1.165, 1.54) is 18.2 Å². The zero-order valence-corrected chi connectivity index (χ0v) is 29.7. The van der Waals surface area contributed by atoms with Crippen molar-refractivity contribution in [1.82, 2.24) is 0 Å². The predicted octanol–water partition coefficient (Wildman–Crippen LogP) is 15.4. The lowest BCUT2D eigenvalue weighted by atomic mass is 9.82. The molecular formula is C55H39NO. The lowest BCUT2D eigenvalue weighted by Gasteiger charge is -2.29. The van der Waals surface area contributed by atoms with Crippen LogP contribution in [-0.4, -0.2) is 0 Å². The number of benzene rings is 9. The second kappa shape index (κ2) is 13.0. The Labute approximate surface area is 364 Å². The molecule has 2 aliphatic rings. The van der Waals surface area contributed by atoms with Crippen LogP contribution in [0.5, 0.6) is 11.5 Å². The molecule has 2 heteroatoms. The van der Waals surface area contributed by atoms with Crippen LogP contribution in [0.3, 0.4) is 0 Å². The zero-order valence-electron chi connectivity index (χ0n) is 51.7. The molecule has 0 saturated heterocycles. The molecule has 0 unspecified atom stereocenters. The summed E-state index contributed by atoms with van der Waals surface area (Å²) in [5.74, 6) is 0.670. The molecule has 0 spiro atoms. The second-order valence-corrected chi connectivity index (χ2v) is 13.6. The molecule has 1 heterocycles. The third-order valence-electron chi connectivity index (χ3n) is 10.3. The molecule has 9 aromatic carbocycles. The minimum absolute atomic E-state index is 0.194. The first kappa shape index (κ1) is 17.7. The first-order valence-electron chi connectivity index (χ1n) is 29.0. The average molecular weight is 752 g/mol. The minimum Gasteiger partial charge on any atom is -0.456 e. The Bertz CT molecular complexity index is 4100. The average Bonchev–Trinajstić information content (AvgIpc) is 3.35. The van der Waals surface area contributed by atoms with Crippen molar-refractivity contribution >= 4 is 27.8 Å². The summed E-state index contributed by atoms with van der Waals surface area (Å²) in [7, 11) is 0. The molecule has 0 atom stereocenters. The SMILES string of the molecule is [2H]c1c([2H])c([2H])c(-c2c([2H])c([2H])c(N(c3ccc4c(c3)-c3cccc(-c5ccccc5)c3-c3cc5ccccc5cc3O4)c3c([2H])c([2H])c4c(c3[2H])C(C([2H])([2H])[2H])(C([2H])([2H])[2H])c3c([2H])c([2H])c([2H])c([2H])c3-4)c([2H])c2[2H])c([2H])c1[2H]. The maximum Gasteiger partial charge on any atom is 0.135 e. The second-order valence-electron chi connectivity index (χ2n) is 13.6. The number of ether oxygens (including phenoxy) is 1. The number of hydrogen-bond donors (Lipinski definition) is 0. The number of hydrogen-bond acceptors (Lipinski definition) is 2. The fourth-order valence-corrected chi connectivity index (χ4v) is 7.67. The summed E-state index contributed by atoms with van der Waals surface area (Å²) in [6.07, 6.45) is 0. The summed E-state index contributed by atoms with van der Waals surface area (Å²) in [5.41, 5.74) is -6.48. The lowest BCUT2D eigenvalue weighted by Crippen LogP contribution is -2.16. The van der Waals surface area contributed by atoms with Crippen LogP contribution in [0.4, 0.5) is 17.1 Å². The third kappa shape index (κ3) is 5.40. The fraction of sp³-hybridized carbons (Fsp3) is 0.0545. The smallest absolute Gasteiger partial charge is 0.135 e. The molecule has 1 aliphatic carbocycles. The van der Waals surface area contributed by atoms with E-state index >= 15 is 0 Å². The standard InChI is InChI=1S/C55H39NO/c1-55(2)50-23-12-11-20-45(50)46-30-28-43(35-51(46)55)56(41-26-24-37(25-27-41)36-14-5-3-6-15-36)42-29-31-52-48(34-42)47-22-13-21-44(38-16-7-4-8-17-38)54(47)49-32-39-18-9-10-19-40(39)33-53(49)57-52/h3-35H,1-2H3/i1D3,2D3,3D,5D,6D,11D,12D,14D,15D,20D,23D,24D,25D,26D,27D,28D,30D,35D. The highest BCUT2D eigenvalue weighted by Crippen LogP contribution is 2.54. The van der Waals surface area contributed by atoms with E-state index in [2.05, 4.69) is 0 Å². The minimum atomic E-state index is -3.80. The van der Waals surface area contributed by atoms with Crippen LogP contribution in [0.1, 0.15) is 55.0 Å². The summed E-state index contributed by atoms with van der Waals surface area (Å²) in [6, 6.07) is 15.6. The van der Waals surface area contributed by atoms with Crippen LogP contribution in [0.25, 0.3) is 66.4 Å². The van der Waals surface area contributed by atoms with Crippen molar-refractivity contribution in [2.45, 2.75) is 19.1 Å². The van der Waals surface area contributed by atoms with E-state index in [9.17, 15) is 9.60 Å². The van der Waals surface area contributed by atoms with Gasteiger partial charge in [-0.05, 0) is 115 Å². The van der Waals surface area contributed by atoms with Gasteiger partial charge < -0.3 is 9.64 Å². The van der Waals surface area contributed by atoms with Crippen molar-refractivity contribution in [3.63, 3.8) is 0 Å². The van der Waals surface area contributed by atoms with E-state index < -0.39 is 161 Å². The topological polar surface area (TPSA) is 12.5 Å². The van der Waals surface area contributed by atoms with Gasteiger partial charge in [-0.25, -0.2) is 0 Å². The molecular weight excluding hydrogens is 691 g/mol. The van der Waals surface area contributed by atoms with Crippen LogP contribution in [-0.2, 0) is 5.41 Å². The summed E-state index contributed by atoms with van der Waals surface area (Å²) < 4.78 is 207. The van der Waals surface area contributed by atoms with Crippen LogP contribution in [0.2, 0.25) is 0 Å². The van der Waals surface area contributed by atoms with Crippen LogP contribution < -0.4 is 9.64 Å². The van der Waals surface area contributed by atoms with E-state index in [1.54, 1.807) is 0 Å². The molecule has 0 bridgehead atoms. The molecule has 57 heavy (non-hydrogen) atoms. The summed E-state index contributed by atoms with van der Waals surface area (Å²) >= 11 is 0. The summed E-state index contributed by atoms with van der Waals surface area (Å²) in [6.45, 7) is -7.61. The van der Waals surface area contributed by atoms with Crippen molar-refractivity contribution in [3.05, 3.63) is 211 Å². The van der Waals surface area contributed by atoms with Crippen molar-refractivity contribution in [2.24, 2.45) is 0 Å². The Morgan fingerprint density at radius 2 is 1.16 bits per heavy atom. The molecule has 0 fully saturated rings. The van der Waals surface area contributed by atoms with Crippen molar-refractivity contribution < 1.29 is 34.9 Å². The molecule has 0 saturated carbocycles. The van der Waals surface area contributed by atoms with Gasteiger partial charge in [-0.3, -0.25) is 0 Å². The Hall–Kier alpha value is -7.16. The van der Waals surface area contributed by atoms with Gasteiger partial charge in [0, 0.05) is 47.4 Å². The van der Waals surface area contributed by atoms with E-state index in [4.69, 9.17) is 25.3 Å². The third-order valence-corrected chi connectivity index (χ3v) is 10.3. The highest BCUT2D eigenvalue weighted by Gasteiger charge is 2.36. The highest BCUT2D eigenvalue weighted by molar-refractivity contribution is 6.03. The first-order chi connectivity index (χ1) is 37.2. The molecule has 0 amide bonds. The number of anilines is 3.